The van der Waals surface area contributed by atoms with Crippen LogP contribution in [0.25, 0.3) is 0 Å². The van der Waals surface area contributed by atoms with Gasteiger partial charge in [-0.05, 0) is 35.7 Å². The first-order valence-electron chi connectivity index (χ1n) is 9.53. The number of rotatable bonds is 10. The smallest absolute Gasteiger partial charge is 0.306 e. The lowest BCUT2D eigenvalue weighted by molar-refractivity contribution is -0.118. The Balaban J connectivity index is 1.62. The molecule has 2 amide bonds. The molecule has 13 heteroatoms. The highest BCUT2D eigenvalue weighted by Crippen LogP contribution is 2.28. The number of hydrogen-bond acceptors (Lipinski definition) is 10. The van der Waals surface area contributed by atoms with Gasteiger partial charge < -0.3 is 13.1 Å². The third kappa shape index (κ3) is 7.94. The van der Waals surface area contributed by atoms with Crippen LogP contribution in [0.4, 0.5) is 4.79 Å². The van der Waals surface area contributed by atoms with Crippen molar-refractivity contribution in [3.8, 4) is 17.2 Å². The fourth-order valence-corrected chi connectivity index (χ4v) is 4.75. The molecular formula is C20H21NO9S3. The minimum atomic E-state index is -3.86. The number of benzene rings is 2. The largest absolute Gasteiger partial charge is 0.493 e. The van der Waals surface area contributed by atoms with E-state index in [-0.39, 0.29) is 35.7 Å². The van der Waals surface area contributed by atoms with Crippen molar-refractivity contribution in [2.24, 2.45) is 0 Å². The number of amides is 2. The van der Waals surface area contributed by atoms with E-state index in [9.17, 15) is 26.4 Å². The van der Waals surface area contributed by atoms with Gasteiger partial charge in [0.05, 0.1) is 24.4 Å². The lowest BCUT2D eigenvalue weighted by Gasteiger charge is -2.13. The molecule has 178 valence electrons. The molecule has 0 aliphatic carbocycles. The molecule has 0 bridgehead atoms. The zero-order valence-corrected chi connectivity index (χ0v) is 20.1. The average Bonchev–Trinajstić information content (AvgIpc) is 2.99. The van der Waals surface area contributed by atoms with E-state index in [4.69, 9.17) is 13.1 Å². The Morgan fingerprint density at radius 1 is 0.909 bits per heavy atom. The first-order chi connectivity index (χ1) is 15.4. The van der Waals surface area contributed by atoms with Crippen LogP contribution in [0.15, 0.2) is 42.5 Å². The van der Waals surface area contributed by atoms with E-state index in [1.54, 1.807) is 24.3 Å². The van der Waals surface area contributed by atoms with Crippen LogP contribution in [0.3, 0.4) is 0 Å². The molecule has 1 atom stereocenters. The number of carbonyl (C=O) groups excluding carboxylic acids is 2. The summed E-state index contributed by atoms with van der Waals surface area (Å²) in [6, 6.07) is 11.1. The summed E-state index contributed by atoms with van der Waals surface area (Å²) in [4.78, 5) is 22.9. The second-order valence-corrected chi connectivity index (χ2v) is 11.5. The van der Waals surface area contributed by atoms with Crippen molar-refractivity contribution in [1.29, 1.82) is 0 Å². The van der Waals surface area contributed by atoms with Crippen LogP contribution in [-0.2, 0) is 37.9 Å². The molecule has 10 nitrogen and oxygen atoms in total. The van der Waals surface area contributed by atoms with Crippen LogP contribution in [-0.4, -0.2) is 52.4 Å². The SMILES string of the molecule is CS(=O)(=O)Oc1ccc(CCOc2ccc(CC3SC(=O)NC3=O)cc2)c(OS(C)(=O)=O)c1. The fourth-order valence-electron chi connectivity index (χ4n) is 2.95. The number of hydrogen-bond donors (Lipinski definition) is 1. The van der Waals surface area contributed by atoms with E-state index in [1.807, 2.05) is 0 Å². The maximum Gasteiger partial charge on any atom is 0.306 e. The summed E-state index contributed by atoms with van der Waals surface area (Å²) in [6.45, 7) is 0.182. The summed E-state index contributed by atoms with van der Waals surface area (Å²) in [5, 5.41) is 1.45. The Hall–Kier alpha value is -2.77. The van der Waals surface area contributed by atoms with Gasteiger partial charge in [0.15, 0.2) is 0 Å². The Morgan fingerprint density at radius 2 is 1.55 bits per heavy atom. The van der Waals surface area contributed by atoms with E-state index in [0.29, 0.717) is 17.7 Å². The van der Waals surface area contributed by atoms with Crippen molar-refractivity contribution in [3.05, 3.63) is 53.6 Å². The van der Waals surface area contributed by atoms with E-state index in [2.05, 4.69) is 5.32 Å². The first-order valence-corrected chi connectivity index (χ1v) is 14.0. The highest BCUT2D eigenvalue weighted by atomic mass is 32.2. The van der Waals surface area contributed by atoms with Crippen molar-refractivity contribution in [2.45, 2.75) is 18.1 Å². The monoisotopic (exact) mass is 515 g/mol. The van der Waals surface area contributed by atoms with E-state index in [0.717, 1.165) is 29.8 Å². The summed E-state index contributed by atoms with van der Waals surface area (Å²) in [5.74, 6) is 0.123. The van der Waals surface area contributed by atoms with Crippen LogP contribution < -0.4 is 18.4 Å². The molecule has 3 rings (SSSR count). The zero-order valence-electron chi connectivity index (χ0n) is 17.6. The van der Waals surface area contributed by atoms with Gasteiger partial charge in [-0.2, -0.15) is 16.8 Å². The van der Waals surface area contributed by atoms with Gasteiger partial charge >= 0.3 is 20.2 Å². The summed E-state index contributed by atoms with van der Waals surface area (Å²) < 4.78 is 61.3. The van der Waals surface area contributed by atoms with E-state index in [1.165, 1.54) is 18.2 Å². The average molecular weight is 516 g/mol. The van der Waals surface area contributed by atoms with Gasteiger partial charge in [-0.1, -0.05) is 30.0 Å². The van der Waals surface area contributed by atoms with Gasteiger partial charge in [0.2, 0.25) is 5.91 Å². The first kappa shape index (κ1) is 24.9. The van der Waals surface area contributed by atoms with Gasteiger partial charge in [0.1, 0.15) is 17.2 Å². The lowest BCUT2D eigenvalue weighted by atomic mass is 10.1. The molecule has 1 unspecified atom stereocenters. The molecule has 1 N–H and O–H groups in total. The number of thioether (sulfide) groups is 1. The Bertz CT molecular complexity index is 1260. The van der Waals surface area contributed by atoms with Gasteiger partial charge in [0.25, 0.3) is 5.24 Å². The molecule has 2 aromatic carbocycles. The Kier molecular flexibility index (Phi) is 7.55. The summed E-state index contributed by atoms with van der Waals surface area (Å²) >= 11 is 0.965. The van der Waals surface area contributed by atoms with E-state index < -0.39 is 25.5 Å². The second-order valence-electron chi connectivity index (χ2n) is 7.17. The van der Waals surface area contributed by atoms with Gasteiger partial charge in [0, 0.05) is 12.5 Å². The van der Waals surface area contributed by atoms with Crippen LogP contribution in [0.1, 0.15) is 11.1 Å². The molecular weight excluding hydrogens is 494 g/mol. The lowest BCUT2D eigenvalue weighted by Crippen LogP contribution is -2.25. The van der Waals surface area contributed by atoms with E-state index >= 15 is 0 Å². The molecule has 1 saturated heterocycles. The zero-order chi connectivity index (χ0) is 24.2. The maximum absolute atomic E-state index is 11.7. The Morgan fingerprint density at radius 3 is 2.12 bits per heavy atom. The van der Waals surface area contributed by atoms with Gasteiger partial charge in [-0.3, -0.25) is 14.9 Å². The molecule has 0 saturated carbocycles. The predicted molar refractivity (Wildman–Crippen MR) is 122 cm³/mol. The molecule has 1 fully saturated rings. The number of imide groups is 1. The standard InChI is InChI=1S/C20H21NO9S3/c1-32(24,25)29-16-8-5-14(17(12-16)30-33(2,26)27)9-10-28-15-6-3-13(4-7-15)11-18-19(22)21-20(23)31-18/h3-8,12,18H,9-11H2,1-2H3,(H,21,22,23). The molecule has 1 aliphatic heterocycles. The van der Waals surface area contributed by atoms with Crippen molar-refractivity contribution in [3.63, 3.8) is 0 Å². The highest BCUT2D eigenvalue weighted by Gasteiger charge is 2.31. The predicted octanol–water partition coefficient (Wildman–Crippen LogP) is 1.88. The van der Waals surface area contributed by atoms with Crippen molar-refractivity contribution < 1.29 is 39.5 Å². The molecule has 0 radical (unpaired) electrons. The van der Waals surface area contributed by atoms with Crippen molar-refractivity contribution in [1.82, 2.24) is 5.32 Å². The third-order valence-corrected chi connectivity index (χ3v) is 6.24. The van der Waals surface area contributed by atoms with Crippen LogP contribution in [0.5, 0.6) is 17.2 Å². The maximum atomic E-state index is 11.7. The molecule has 0 aromatic heterocycles. The molecule has 1 aliphatic rings. The minimum Gasteiger partial charge on any atom is -0.493 e. The summed E-state index contributed by atoms with van der Waals surface area (Å²) in [5.41, 5.74) is 1.35. The van der Waals surface area contributed by atoms with Gasteiger partial charge in [-0.25, -0.2) is 0 Å². The van der Waals surface area contributed by atoms with Crippen molar-refractivity contribution in [2.75, 3.05) is 19.1 Å². The number of ether oxygens (including phenoxy) is 1. The topological polar surface area (TPSA) is 142 Å². The van der Waals surface area contributed by atoms with Crippen molar-refractivity contribution >= 4 is 43.1 Å². The molecule has 33 heavy (non-hydrogen) atoms. The number of nitrogens with one attached hydrogen (secondary N) is 1. The second kappa shape index (κ2) is 10.0. The molecule has 1 heterocycles. The normalized spacial score (nSPS) is 16.4. The van der Waals surface area contributed by atoms with Crippen LogP contribution in [0.2, 0.25) is 0 Å². The quantitative estimate of drug-likeness (QED) is 0.466. The summed E-state index contributed by atoms with van der Waals surface area (Å²) in [7, 11) is -7.65. The fraction of sp³-hybridized carbons (Fsp3) is 0.300. The Labute approximate surface area is 195 Å². The minimum absolute atomic E-state index is 0.0560. The van der Waals surface area contributed by atoms with Crippen LogP contribution in [0, 0.1) is 0 Å². The summed E-state index contributed by atoms with van der Waals surface area (Å²) in [6.07, 6.45) is 2.43. The number of carbonyl (C=O) groups is 2. The van der Waals surface area contributed by atoms with Crippen LogP contribution >= 0.6 is 11.8 Å². The van der Waals surface area contributed by atoms with Gasteiger partial charge in [-0.15, -0.1) is 0 Å². The highest BCUT2D eigenvalue weighted by molar-refractivity contribution is 8.15. The molecule has 0 spiro atoms. The molecule has 2 aromatic rings. The third-order valence-electron chi connectivity index (χ3n) is 4.28.